The van der Waals surface area contributed by atoms with Gasteiger partial charge in [0, 0.05) is 25.7 Å². The Morgan fingerprint density at radius 1 is 1.41 bits per heavy atom. The maximum absolute atomic E-state index is 12.3. The normalized spacial score (nSPS) is 19.3. The van der Waals surface area contributed by atoms with Crippen LogP contribution in [0.1, 0.15) is 20.3 Å². The Hall–Kier alpha value is -1.44. The molecule has 0 spiro atoms. The molecule has 0 radical (unpaired) electrons. The van der Waals surface area contributed by atoms with Crippen LogP contribution in [0.5, 0.6) is 0 Å². The molecule has 22 heavy (non-hydrogen) atoms. The number of likely N-dealkylation sites (tertiary alicyclic amines) is 1. The largest absolute Gasteiger partial charge is 0.326 e. The summed E-state index contributed by atoms with van der Waals surface area (Å²) in [5.41, 5.74) is 0.480. The SMILES string of the molecule is CCN1CC[C@@H](CNS(=O)(=O)c2cccc(NC(C)=O)c2)C1. The third-order valence-corrected chi connectivity index (χ3v) is 5.27. The molecule has 6 nitrogen and oxygen atoms in total. The van der Waals surface area contributed by atoms with E-state index in [-0.39, 0.29) is 10.8 Å². The van der Waals surface area contributed by atoms with Gasteiger partial charge in [0.2, 0.25) is 15.9 Å². The van der Waals surface area contributed by atoms with Crippen molar-refractivity contribution in [1.29, 1.82) is 0 Å². The van der Waals surface area contributed by atoms with Gasteiger partial charge in [0.25, 0.3) is 0 Å². The van der Waals surface area contributed by atoms with E-state index in [1.807, 2.05) is 0 Å². The summed E-state index contributed by atoms with van der Waals surface area (Å²) < 4.78 is 27.4. The molecule has 1 saturated heterocycles. The molecule has 2 rings (SSSR count). The minimum Gasteiger partial charge on any atom is -0.326 e. The van der Waals surface area contributed by atoms with Gasteiger partial charge in [0.15, 0.2) is 0 Å². The Morgan fingerprint density at radius 2 is 2.18 bits per heavy atom. The maximum Gasteiger partial charge on any atom is 0.240 e. The Bertz CT molecular complexity index is 631. The van der Waals surface area contributed by atoms with E-state index < -0.39 is 10.0 Å². The summed E-state index contributed by atoms with van der Waals surface area (Å²) in [6, 6.07) is 6.28. The molecule has 1 aliphatic heterocycles. The number of benzene rings is 1. The monoisotopic (exact) mass is 325 g/mol. The predicted molar refractivity (Wildman–Crippen MR) is 86.2 cm³/mol. The smallest absolute Gasteiger partial charge is 0.240 e. The van der Waals surface area contributed by atoms with Crippen LogP contribution in [-0.4, -0.2) is 45.4 Å². The highest BCUT2D eigenvalue weighted by molar-refractivity contribution is 7.89. The highest BCUT2D eigenvalue weighted by Gasteiger charge is 2.23. The summed E-state index contributed by atoms with van der Waals surface area (Å²) in [6.45, 7) is 6.91. The second-order valence-electron chi connectivity index (χ2n) is 5.61. The lowest BCUT2D eigenvalue weighted by molar-refractivity contribution is -0.114. The maximum atomic E-state index is 12.3. The van der Waals surface area contributed by atoms with Crippen molar-refractivity contribution < 1.29 is 13.2 Å². The minimum atomic E-state index is -3.55. The molecule has 1 heterocycles. The molecule has 1 atom stereocenters. The lowest BCUT2D eigenvalue weighted by atomic mass is 10.1. The highest BCUT2D eigenvalue weighted by atomic mass is 32.2. The Labute approximate surface area is 131 Å². The molecule has 0 bridgehead atoms. The van der Waals surface area contributed by atoms with Crippen LogP contribution in [0.2, 0.25) is 0 Å². The van der Waals surface area contributed by atoms with Crippen LogP contribution in [-0.2, 0) is 14.8 Å². The fourth-order valence-corrected chi connectivity index (χ4v) is 3.78. The molecular weight excluding hydrogens is 302 g/mol. The average molecular weight is 325 g/mol. The van der Waals surface area contributed by atoms with Crippen molar-refractivity contribution in [1.82, 2.24) is 9.62 Å². The summed E-state index contributed by atoms with van der Waals surface area (Å²) in [5.74, 6) is 0.126. The van der Waals surface area contributed by atoms with Crippen LogP contribution in [0.25, 0.3) is 0 Å². The van der Waals surface area contributed by atoms with Gasteiger partial charge in [-0.15, -0.1) is 0 Å². The van der Waals surface area contributed by atoms with Crippen LogP contribution in [0.15, 0.2) is 29.2 Å². The van der Waals surface area contributed by atoms with Crippen molar-refractivity contribution >= 4 is 21.6 Å². The van der Waals surface area contributed by atoms with Gasteiger partial charge < -0.3 is 10.2 Å². The van der Waals surface area contributed by atoms with E-state index in [4.69, 9.17) is 0 Å². The molecule has 1 aromatic carbocycles. The molecule has 2 N–H and O–H groups in total. The van der Waals surface area contributed by atoms with E-state index >= 15 is 0 Å². The first-order valence-corrected chi connectivity index (χ1v) is 8.98. The quantitative estimate of drug-likeness (QED) is 0.825. The highest BCUT2D eigenvalue weighted by Crippen LogP contribution is 2.18. The number of anilines is 1. The molecule has 0 aromatic heterocycles. The summed E-state index contributed by atoms with van der Waals surface area (Å²) in [6.07, 6.45) is 1.02. The van der Waals surface area contributed by atoms with Gasteiger partial charge in [-0.25, -0.2) is 13.1 Å². The van der Waals surface area contributed by atoms with Crippen LogP contribution in [0, 0.1) is 5.92 Å². The van der Waals surface area contributed by atoms with Gasteiger partial charge in [0.05, 0.1) is 4.90 Å². The lowest BCUT2D eigenvalue weighted by Gasteiger charge is -2.14. The first-order chi connectivity index (χ1) is 10.4. The Kier molecular flexibility index (Phi) is 5.55. The van der Waals surface area contributed by atoms with E-state index in [1.54, 1.807) is 12.1 Å². The Morgan fingerprint density at radius 3 is 2.82 bits per heavy atom. The van der Waals surface area contributed by atoms with Crippen LogP contribution < -0.4 is 10.0 Å². The number of carbonyl (C=O) groups excluding carboxylic acids is 1. The third-order valence-electron chi connectivity index (χ3n) is 3.84. The molecule has 0 aliphatic carbocycles. The number of sulfonamides is 1. The number of nitrogens with one attached hydrogen (secondary N) is 2. The predicted octanol–water partition coefficient (Wildman–Crippen LogP) is 1.27. The number of hydrogen-bond donors (Lipinski definition) is 2. The van der Waals surface area contributed by atoms with Crippen molar-refractivity contribution in [2.75, 3.05) is 31.5 Å². The third kappa shape index (κ3) is 4.53. The zero-order valence-electron chi connectivity index (χ0n) is 13.0. The van der Waals surface area contributed by atoms with E-state index in [2.05, 4.69) is 21.9 Å². The molecule has 1 aromatic rings. The fraction of sp³-hybridized carbons (Fsp3) is 0.533. The summed E-state index contributed by atoms with van der Waals surface area (Å²) in [4.78, 5) is 13.5. The molecule has 122 valence electrons. The molecule has 1 amide bonds. The van der Waals surface area contributed by atoms with Gasteiger partial charge in [-0.3, -0.25) is 4.79 Å². The number of rotatable bonds is 6. The minimum absolute atomic E-state index is 0.170. The number of carbonyl (C=O) groups is 1. The van der Waals surface area contributed by atoms with E-state index in [0.717, 1.165) is 26.1 Å². The van der Waals surface area contributed by atoms with E-state index in [9.17, 15) is 13.2 Å². The lowest BCUT2D eigenvalue weighted by Crippen LogP contribution is -2.31. The van der Waals surface area contributed by atoms with Crippen molar-refractivity contribution in [3.05, 3.63) is 24.3 Å². The van der Waals surface area contributed by atoms with Crippen LogP contribution >= 0.6 is 0 Å². The summed E-state index contributed by atoms with van der Waals surface area (Å²) in [7, 11) is -3.55. The molecule has 7 heteroatoms. The molecule has 1 fully saturated rings. The van der Waals surface area contributed by atoms with Crippen molar-refractivity contribution in [3.63, 3.8) is 0 Å². The van der Waals surface area contributed by atoms with Crippen LogP contribution in [0.3, 0.4) is 0 Å². The number of amides is 1. The fourth-order valence-electron chi connectivity index (χ4n) is 2.62. The van der Waals surface area contributed by atoms with Gasteiger partial charge in [0.1, 0.15) is 0 Å². The zero-order valence-corrected chi connectivity index (χ0v) is 13.8. The van der Waals surface area contributed by atoms with Crippen molar-refractivity contribution in [2.24, 2.45) is 5.92 Å². The summed E-state index contributed by atoms with van der Waals surface area (Å²) in [5, 5.41) is 2.59. The average Bonchev–Trinajstić information content (AvgIpc) is 2.93. The molecule has 0 saturated carbocycles. The van der Waals surface area contributed by atoms with Crippen molar-refractivity contribution in [2.45, 2.75) is 25.2 Å². The van der Waals surface area contributed by atoms with E-state index in [0.29, 0.717) is 18.2 Å². The summed E-state index contributed by atoms with van der Waals surface area (Å²) >= 11 is 0. The standard InChI is InChI=1S/C15H23N3O3S/c1-3-18-8-7-13(11-18)10-16-22(20,21)15-6-4-5-14(9-15)17-12(2)19/h4-6,9,13,16H,3,7-8,10-11H2,1-2H3,(H,17,19)/t13-/m0/s1. The zero-order chi connectivity index (χ0) is 16.2. The molecule has 0 unspecified atom stereocenters. The first kappa shape index (κ1) is 16.9. The van der Waals surface area contributed by atoms with Crippen LogP contribution in [0.4, 0.5) is 5.69 Å². The first-order valence-electron chi connectivity index (χ1n) is 7.50. The number of hydrogen-bond acceptors (Lipinski definition) is 4. The Balaban J connectivity index is 1.99. The van der Waals surface area contributed by atoms with Crippen molar-refractivity contribution in [3.8, 4) is 0 Å². The molecule has 1 aliphatic rings. The van der Waals surface area contributed by atoms with Gasteiger partial charge >= 0.3 is 0 Å². The number of nitrogens with zero attached hydrogens (tertiary/aromatic N) is 1. The second-order valence-corrected chi connectivity index (χ2v) is 7.38. The van der Waals surface area contributed by atoms with Gasteiger partial charge in [-0.1, -0.05) is 13.0 Å². The second kappa shape index (κ2) is 7.21. The van der Waals surface area contributed by atoms with Gasteiger partial charge in [-0.05, 0) is 43.6 Å². The molecular formula is C15H23N3O3S. The van der Waals surface area contributed by atoms with E-state index in [1.165, 1.54) is 19.1 Å². The van der Waals surface area contributed by atoms with Gasteiger partial charge in [-0.2, -0.15) is 0 Å². The topological polar surface area (TPSA) is 78.5 Å².